The Kier molecular flexibility index (Phi) is 2.46. The van der Waals surface area contributed by atoms with Crippen LogP contribution in [-0.4, -0.2) is 6.04 Å². The van der Waals surface area contributed by atoms with Crippen molar-refractivity contribution >= 4 is 16.7 Å². The fraction of sp³-hybridized carbons (Fsp3) is 0.250. The molecule has 1 N–H and O–H groups in total. The quantitative estimate of drug-likeness (QED) is 0.763. The molecule has 0 unspecified atom stereocenters. The smallest absolute Gasteiger partial charge is 0.336 e. The molecule has 1 heterocycles. The van der Waals surface area contributed by atoms with Crippen LogP contribution in [0.1, 0.15) is 13.8 Å². The van der Waals surface area contributed by atoms with Gasteiger partial charge in [0.1, 0.15) is 5.58 Å². The van der Waals surface area contributed by atoms with Gasteiger partial charge in [-0.1, -0.05) is 0 Å². The van der Waals surface area contributed by atoms with Crippen LogP contribution in [0.15, 0.2) is 39.5 Å². The molecule has 78 valence electrons. The van der Waals surface area contributed by atoms with Crippen molar-refractivity contribution in [3.63, 3.8) is 0 Å². The Morgan fingerprint density at radius 2 is 1.93 bits per heavy atom. The summed E-state index contributed by atoms with van der Waals surface area (Å²) >= 11 is 0. The van der Waals surface area contributed by atoms with E-state index < -0.39 is 0 Å². The molecule has 0 saturated carbocycles. The highest BCUT2D eigenvalue weighted by atomic mass is 16.4. The third kappa shape index (κ3) is 2.18. The summed E-state index contributed by atoms with van der Waals surface area (Å²) in [7, 11) is 0. The van der Waals surface area contributed by atoms with E-state index in [-0.39, 0.29) is 5.63 Å². The van der Waals surface area contributed by atoms with Gasteiger partial charge in [0, 0.05) is 29.2 Å². The fourth-order valence-corrected chi connectivity index (χ4v) is 1.48. The molecule has 0 atom stereocenters. The Balaban J connectivity index is 2.49. The molecule has 15 heavy (non-hydrogen) atoms. The maximum atomic E-state index is 11.0. The molecule has 0 aliphatic heterocycles. The van der Waals surface area contributed by atoms with Gasteiger partial charge in [0.2, 0.25) is 0 Å². The normalized spacial score (nSPS) is 10.9. The van der Waals surface area contributed by atoms with Crippen molar-refractivity contribution in [3.05, 3.63) is 40.8 Å². The lowest BCUT2D eigenvalue weighted by molar-refractivity contribution is 0.561. The fourth-order valence-electron chi connectivity index (χ4n) is 1.48. The summed E-state index contributed by atoms with van der Waals surface area (Å²) in [6, 6.07) is 9.30. The Morgan fingerprint density at radius 3 is 2.67 bits per heavy atom. The molecule has 0 bridgehead atoms. The largest absolute Gasteiger partial charge is 0.423 e. The van der Waals surface area contributed by atoms with Crippen LogP contribution in [-0.2, 0) is 0 Å². The van der Waals surface area contributed by atoms with E-state index in [1.54, 1.807) is 6.07 Å². The van der Waals surface area contributed by atoms with E-state index in [2.05, 4.69) is 19.2 Å². The molecule has 2 rings (SSSR count). The summed E-state index contributed by atoms with van der Waals surface area (Å²) < 4.78 is 5.09. The van der Waals surface area contributed by atoms with E-state index in [0.29, 0.717) is 11.6 Å². The molecule has 3 heteroatoms. The second-order valence-electron chi connectivity index (χ2n) is 3.81. The highest BCUT2D eigenvalue weighted by Crippen LogP contribution is 2.17. The molecule has 1 aromatic heterocycles. The minimum Gasteiger partial charge on any atom is -0.423 e. The maximum Gasteiger partial charge on any atom is 0.336 e. The maximum absolute atomic E-state index is 11.0. The zero-order valence-corrected chi connectivity index (χ0v) is 8.78. The lowest BCUT2D eigenvalue weighted by atomic mass is 10.2. The Labute approximate surface area is 87.7 Å². The summed E-state index contributed by atoms with van der Waals surface area (Å²) in [4.78, 5) is 11.0. The first kappa shape index (κ1) is 9.77. The monoisotopic (exact) mass is 203 g/mol. The minimum absolute atomic E-state index is 0.316. The third-order valence-electron chi connectivity index (χ3n) is 2.08. The molecular formula is C12H13NO2. The van der Waals surface area contributed by atoms with Crippen molar-refractivity contribution in [2.45, 2.75) is 19.9 Å². The first-order valence-electron chi connectivity index (χ1n) is 4.95. The van der Waals surface area contributed by atoms with E-state index in [9.17, 15) is 4.79 Å². The molecule has 1 aromatic carbocycles. The second-order valence-corrected chi connectivity index (χ2v) is 3.81. The highest BCUT2D eigenvalue weighted by molar-refractivity contribution is 5.80. The first-order valence-corrected chi connectivity index (χ1v) is 4.95. The van der Waals surface area contributed by atoms with Crippen LogP contribution in [0, 0.1) is 0 Å². The predicted molar refractivity (Wildman–Crippen MR) is 61.2 cm³/mol. The number of hydrogen-bond acceptors (Lipinski definition) is 3. The summed E-state index contributed by atoms with van der Waals surface area (Å²) in [6.07, 6.45) is 0. The standard InChI is InChI=1S/C12H13NO2/c1-8(2)13-10-5-3-9-4-6-12(14)15-11(9)7-10/h3-8,13H,1-2H3. The number of rotatable bonds is 2. The Morgan fingerprint density at radius 1 is 1.20 bits per heavy atom. The molecule has 3 nitrogen and oxygen atoms in total. The van der Waals surface area contributed by atoms with Crippen LogP contribution < -0.4 is 10.9 Å². The van der Waals surface area contributed by atoms with Gasteiger partial charge in [-0.25, -0.2) is 4.79 Å². The van der Waals surface area contributed by atoms with Gasteiger partial charge in [-0.05, 0) is 32.0 Å². The van der Waals surface area contributed by atoms with Crippen molar-refractivity contribution < 1.29 is 4.42 Å². The summed E-state index contributed by atoms with van der Waals surface area (Å²) in [5.41, 5.74) is 1.27. The van der Waals surface area contributed by atoms with Gasteiger partial charge in [-0.3, -0.25) is 0 Å². The zero-order valence-electron chi connectivity index (χ0n) is 8.78. The van der Waals surface area contributed by atoms with E-state index >= 15 is 0 Å². The number of anilines is 1. The van der Waals surface area contributed by atoms with Crippen molar-refractivity contribution in [2.75, 3.05) is 5.32 Å². The molecule has 0 aliphatic carbocycles. The average Bonchev–Trinajstić information content (AvgIpc) is 2.16. The van der Waals surface area contributed by atoms with Gasteiger partial charge >= 0.3 is 5.63 Å². The average molecular weight is 203 g/mol. The van der Waals surface area contributed by atoms with Crippen molar-refractivity contribution in [1.29, 1.82) is 0 Å². The van der Waals surface area contributed by atoms with Crippen molar-refractivity contribution in [3.8, 4) is 0 Å². The topological polar surface area (TPSA) is 42.2 Å². The van der Waals surface area contributed by atoms with E-state index in [4.69, 9.17) is 4.42 Å². The molecule has 0 radical (unpaired) electrons. The van der Waals surface area contributed by atoms with Crippen LogP contribution in [0.4, 0.5) is 5.69 Å². The van der Waals surface area contributed by atoms with Crippen LogP contribution in [0.25, 0.3) is 11.0 Å². The summed E-state index contributed by atoms with van der Waals surface area (Å²) in [5.74, 6) is 0. The molecular weight excluding hydrogens is 190 g/mol. The molecule has 0 spiro atoms. The minimum atomic E-state index is -0.316. The van der Waals surface area contributed by atoms with E-state index in [0.717, 1.165) is 11.1 Å². The molecule has 0 fully saturated rings. The van der Waals surface area contributed by atoms with E-state index in [1.807, 2.05) is 18.2 Å². The van der Waals surface area contributed by atoms with Gasteiger partial charge in [0.05, 0.1) is 0 Å². The molecule has 2 aromatic rings. The third-order valence-corrected chi connectivity index (χ3v) is 2.08. The Bertz CT molecular complexity index is 528. The molecule has 0 aliphatic rings. The van der Waals surface area contributed by atoms with Gasteiger partial charge in [0.15, 0.2) is 0 Å². The zero-order chi connectivity index (χ0) is 10.8. The van der Waals surface area contributed by atoms with Gasteiger partial charge < -0.3 is 9.73 Å². The van der Waals surface area contributed by atoms with Crippen molar-refractivity contribution in [2.24, 2.45) is 0 Å². The van der Waals surface area contributed by atoms with Gasteiger partial charge in [0.25, 0.3) is 0 Å². The lowest BCUT2D eigenvalue weighted by Crippen LogP contribution is -2.09. The molecule has 0 saturated heterocycles. The van der Waals surface area contributed by atoms with Crippen LogP contribution in [0.3, 0.4) is 0 Å². The summed E-state index contributed by atoms with van der Waals surface area (Å²) in [5, 5.41) is 4.19. The van der Waals surface area contributed by atoms with Crippen LogP contribution >= 0.6 is 0 Å². The summed E-state index contributed by atoms with van der Waals surface area (Å²) in [6.45, 7) is 4.12. The van der Waals surface area contributed by atoms with Crippen LogP contribution in [0.2, 0.25) is 0 Å². The highest BCUT2D eigenvalue weighted by Gasteiger charge is 2.00. The number of hydrogen-bond donors (Lipinski definition) is 1. The predicted octanol–water partition coefficient (Wildman–Crippen LogP) is 2.61. The van der Waals surface area contributed by atoms with E-state index in [1.165, 1.54) is 6.07 Å². The number of nitrogens with one attached hydrogen (secondary N) is 1. The van der Waals surface area contributed by atoms with Gasteiger partial charge in [-0.2, -0.15) is 0 Å². The first-order chi connectivity index (χ1) is 7.15. The van der Waals surface area contributed by atoms with Crippen molar-refractivity contribution in [1.82, 2.24) is 0 Å². The SMILES string of the molecule is CC(C)Nc1ccc2ccc(=O)oc2c1. The number of benzene rings is 1. The number of fused-ring (bicyclic) bond motifs is 1. The van der Waals surface area contributed by atoms with Crippen LogP contribution in [0.5, 0.6) is 0 Å². The van der Waals surface area contributed by atoms with Gasteiger partial charge in [-0.15, -0.1) is 0 Å². The lowest BCUT2D eigenvalue weighted by Gasteiger charge is -2.09. The second kappa shape index (κ2) is 3.77. The molecule has 0 amide bonds. The Hall–Kier alpha value is -1.77.